The van der Waals surface area contributed by atoms with E-state index in [0.717, 1.165) is 41.5 Å². The van der Waals surface area contributed by atoms with Crippen LogP contribution < -0.4 is 5.32 Å². The van der Waals surface area contributed by atoms with Crippen molar-refractivity contribution < 1.29 is 9.90 Å². The van der Waals surface area contributed by atoms with Crippen LogP contribution in [0.4, 0.5) is 5.69 Å². The average Bonchev–Trinajstić information content (AvgIpc) is 3.62. The van der Waals surface area contributed by atoms with Crippen LogP contribution in [0.3, 0.4) is 0 Å². The van der Waals surface area contributed by atoms with E-state index < -0.39 is 0 Å². The van der Waals surface area contributed by atoms with Crippen molar-refractivity contribution in [1.29, 1.82) is 0 Å². The summed E-state index contributed by atoms with van der Waals surface area (Å²) in [6.45, 7) is 0.853. The number of nitrogens with one attached hydrogen (secondary N) is 2. The first kappa shape index (κ1) is 23.4. The number of carbonyl (C=O) groups excluding carboxylic acids is 1. The normalized spacial score (nSPS) is 13.5. The molecule has 0 saturated heterocycles. The third-order valence-corrected chi connectivity index (χ3v) is 5.97. The summed E-state index contributed by atoms with van der Waals surface area (Å²) in [4.78, 5) is 22.1. The molecule has 1 aliphatic rings. The summed E-state index contributed by atoms with van der Waals surface area (Å²) in [6.07, 6.45) is 2.05. The Hall–Kier alpha value is -4.34. The van der Waals surface area contributed by atoms with Gasteiger partial charge in [0.15, 0.2) is 5.88 Å². The number of aliphatic imine (C=N–C) groups is 1. The Bertz CT molecular complexity index is 1490. The van der Waals surface area contributed by atoms with Crippen molar-refractivity contribution in [2.45, 2.75) is 25.4 Å². The highest BCUT2D eigenvalue weighted by molar-refractivity contribution is 6.22. The quantitative estimate of drug-likeness (QED) is 0.278. The van der Waals surface area contributed by atoms with Crippen LogP contribution in [-0.4, -0.2) is 46.7 Å². The number of aromatic nitrogens is 1. The molecule has 5 rings (SSSR count). The molecule has 0 spiro atoms. The SMILES string of the molecule is CN(C)Cc1ccc(N=C(c2ccccc2)c2c(O)[nH]c3cc(C#CC(=O)NC4CC4)ccc23)cc1. The van der Waals surface area contributed by atoms with Gasteiger partial charge >= 0.3 is 0 Å². The van der Waals surface area contributed by atoms with Gasteiger partial charge in [0, 0.05) is 35.0 Å². The van der Waals surface area contributed by atoms with Crippen molar-refractivity contribution in [3.05, 3.63) is 95.1 Å². The molecule has 3 N–H and O–H groups in total. The van der Waals surface area contributed by atoms with E-state index in [1.54, 1.807) is 0 Å². The topological polar surface area (TPSA) is 80.7 Å². The van der Waals surface area contributed by atoms with E-state index in [-0.39, 0.29) is 17.8 Å². The smallest absolute Gasteiger partial charge is 0.296 e. The van der Waals surface area contributed by atoms with Gasteiger partial charge in [-0.3, -0.25) is 4.79 Å². The third kappa shape index (κ3) is 5.48. The van der Waals surface area contributed by atoms with Crippen LogP contribution in [0.1, 0.15) is 35.1 Å². The zero-order chi connectivity index (χ0) is 25.1. The first-order valence-electron chi connectivity index (χ1n) is 12.0. The highest BCUT2D eigenvalue weighted by atomic mass is 16.3. The van der Waals surface area contributed by atoms with Crippen molar-refractivity contribution in [3.8, 4) is 17.7 Å². The van der Waals surface area contributed by atoms with Crippen LogP contribution in [0.2, 0.25) is 0 Å². The van der Waals surface area contributed by atoms with E-state index in [9.17, 15) is 9.90 Å². The molecule has 0 radical (unpaired) electrons. The summed E-state index contributed by atoms with van der Waals surface area (Å²) in [5.74, 6) is 5.35. The fourth-order valence-corrected chi connectivity index (χ4v) is 4.11. The maximum atomic E-state index is 11.9. The van der Waals surface area contributed by atoms with Gasteiger partial charge in [0.2, 0.25) is 0 Å². The van der Waals surface area contributed by atoms with Gasteiger partial charge < -0.3 is 20.3 Å². The van der Waals surface area contributed by atoms with Gasteiger partial charge in [0.25, 0.3) is 5.91 Å². The molecule has 3 aromatic carbocycles. The molecule has 1 aromatic heterocycles. The first-order chi connectivity index (χ1) is 17.5. The number of carbonyl (C=O) groups is 1. The molecule has 4 aromatic rings. The van der Waals surface area contributed by atoms with E-state index in [0.29, 0.717) is 16.8 Å². The molecule has 6 nitrogen and oxygen atoms in total. The number of amides is 1. The highest BCUT2D eigenvalue weighted by Gasteiger charge is 2.22. The van der Waals surface area contributed by atoms with Gasteiger partial charge in [-0.1, -0.05) is 54.5 Å². The maximum absolute atomic E-state index is 11.9. The molecule has 1 fully saturated rings. The molecule has 36 heavy (non-hydrogen) atoms. The second-order valence-electron chi connectivity index (χ2n) is 9.34. The van der Waals surface area contributed by atoms with Crippen LogP contribution in [0.25, 0.3) is 10.9 Å². The Morgan fingerprint density at radius 2 is 1.83 bits per heavy atom. The van der Waals surface area contributed by atoms with Crippen molar-refractivity contribution in [1.82, 2.24) is 15.2 Å². The van der Waals surface area contributed by atoms with Crippen LogP contribution in [0.15, 0.2) is 77.8 Å². The van der Waals surface area contributed by atoms with Crippen LogP contribution in [0.5, 0.6) is 5.88 Å². The predicted octanol–water partition coefficient (Wildman–Crippen LogP) is 4.73. The van der Waals surface area contributed by atoms with Crippen LogP contribution in [0, 0.1) is 11.8 Å². The molecule has 0 atom stereocenters. The maximum Gasteiger partial charge on any atom is 0.296 e. The molecule has 6 heteroatoms. The van der Waals surface area contributed by atoms with Crippen molar-refractivity contribution in [2.24, 2.45) is 4.99 Å². The molecular weight excluding hydrogens is 448 g/mol. The third-order valence-electron chi connectivity index (χ3n) is 5.97. The van der Waals surface area contributed by atoms with Crippen molar-refractivity contribution >= 4 is 28.2 Å². The average molecular weight is 477 g/mol. The van der Waals surface area contributed by atoms with Gasteiger partial charge in [0.05, 0.1) is 22.5 Å². The van der Waals surface area contributed by atoms with Gasteiger partial charge in [0.1, 0.15) is 0 Å². The summed E-state index contributed by atoms with van der Waals surface area (Å²) in [6, 6.07) is 23.8. The Balaban J connectivity index is 1.53. The largest absolute Gasteiger partial charge is 0.494 e. The number of rotatable bonds is 6. The Morgan fingerprint density at radius 1 is 1.08 bits per heavy atom. The number of fused-ring (bicyclic) bond motifs is 1. The zero-order valence-corrected chi connectivity index (χ0v) is 20.4. The van der Waals surface area contributed by atoms with E-state index in [1.165, 1.54) is 5.56 Å². The minimum Gasteiger partial charge on any atom is -0.494 e. The Morgan fingerprint density at radius 3 is 2.53 bits per heavy atom. The summed E-state index contributed by atoms with van der Waals surface area (Å²) >= 11 is 0. The zero-order valence-electron chi connectivity index (χ0n) is 20.4. The first-order valence-corrected chi connectivity index (χ1v) is 12.0. The number of aromatic amines is 1. The minimum atomic E-state index is -0.261. The number of aromatic hydroxyl groups is 1. The molecule has 0 bridgehead atoms. The Kier molecular flexibility index (Phi) is 6.57. The lowest BCUT2D eigenvalue weighted by Crippen LogP contribution is -2.23. The van der Waals surface area contributed by atoms with Gasteiger partial charge in [-0.15, -0.1) is 0 Å². The lowest BCUT2D eigenvalue weighted by molar-refractivity contribution is -0.115. The van der Waals surface area contributed by atoms with Crippen molar-refractivity contribution in [3.63, 3.8) is 0 Å². The Labute approximate surface area is 210 Å². The van der Waals surface area contributed by atoms with E-state index >= 15 is 0 Å². The lowest BCUT2D eigenvalue weighted by Gasteiger charge is -2.10. The molecule has 1 heterocycles. The molecule has 1 saturated carbocycles. The van der Waals surface area contributed by atoms with E-state index in [2.05, 4.69) is 39.2 Å². The van der Waals surface area contributed by atoms with E-state index in [1.807, 2.05) is 74.8 Å². The second-order valence-corrected chi connectivity index (χ2v) is 9.34. The lowest BCUT2D eigenvalue weighted by atomic mass is 10.00. The summed E-state index contributed by atoms with van der Waals surface area (Å²) in [5, 5.41) is 14.7. The molecule has 0 unspecified atom stereocenters. The standard InChI is InChI=1S/C30H28N4O2/c1-34(2)19-21-8-12-24(13-9-21)32-29(22-6-4-3-5-7-22)28-25-16-10-20(18-26(25)33-30(28)36)11-17-27(35)31-23-14-15-23/h3-10,12-13,16,18,23,33,36H,14-15,19H2,1-2H3,(H,31,35). The van der Waals surface area contributed by atoms with Gasteiger partial charge in [-0.05, 0) is 56.8 Å². The number of hydrogen-bond donors (Lipinski definition) is 3. The van der Waals surface area contributed by atoms with Gasteiger partial charge in [-0.2, -0.15) is 0 Å². The van der Waals surface area contributed by atoms with Crippen molar-refractivity contribution in [2.75, 3.05) is 14.1 Å². The minimum absolute atomic E-state index is 0.0356. The van der Waals surface area contributed by atoms with E-state index in [4.69, 9.17) is 4.99 Å². The highest BCUT2D eigenvalue weighted by Crippen LogP contribution is 2.32. The summed E-state index contributed by atoms with van der Waals surface area (Å²) < 4.78 is 0. The van der Waals surface area contributed by atoms with Crippen LogP contribution in [-0.2, 0) is 11.3 Å². The predicted molar refractivity (Wildman–Crippen MR) is 144 cm³/mol. The molecule has 180 valence electrons. The fraction of sp³-hybridized carbons (Fsp3) is 0.200. The molecule has 1 amide bonds. The fourth-order valence-electron chi connectivity index (χ4n) is 4.11. The van der Waals surface area contributed by atoms with Crippen LogP contribution >= 0.6 is 0 Å². The molecular formula is C30H28N4O2. The van der Waals surface area contributed by atoms with Gasteiger partial charge in [-0.25, -0.2) is 4.99 Å². The summed E-state index contributed by atoms with van der Waals surface area (Å²) in [7, 11) is 4.08. The molecule has 1 aliphatic carbocycles. The summed E-state index contributed by atoms with van der Waals surface area (Å²) in [5.41, 5.74) is 5.61. The number of H-pyrrole nitrogens is 1. The molecule has 0 aliphatic heterocycles. The number of benzene rings is 3. The number of hydrogen-bond acceptors (Lipinski definition) is 4. The monoisotopic (exact) mass is 476 g/mol. The second kappa shape index (κ2) is 10.1. The number of nitrogens with zero attached hydrogens (tertiary/aromatic N) is 2.